The highest BCUT2D eigenvalue weighted by atomic mass is 35.5. The molecule has 0 aliphatic heterocycles. The average molecular weight is 296 g/mol. The molecule has 1 aromatic heterocycles. The summed E-state index contributed by atoms with van der Waals surface area (Å²) in [5.41, 5.74) is 7.10. The highest BCUT2D eigenvalue weighted by Crippen LogP contribution is 2.27. The van der Waals surface area contributed by atoms with E-state index in [1.807, 2.05) is 35.7 Å². The molecule has 1 heterocycles. The predicted molar refractivity (Wildman–Crippen MR) is 82.1 cm³/mol. The summed E-state index contributed by atoms with van der Waals surface area (Å²) in [6.45, 7) is 2.65. The molecular formula is C15H18ClNOS. The molecule has 0 radical (unpaired) electrons. The molecule has 0 saturated heterocycles. The molecule has 2 rings (SSSR count). The molecule has 2 aromatic rings. The van der Waals surface area contributed by atoms with Gasteiger partial charge in [0.15, 0.2) is 0 Å². The van der Waals surface area contributed by atoms with Gasteiger partial charge >= 0.3 is 0 Å². The number of hydrogen-bond acceptors (Lipinski definition) is 3. The van der Waals surface area contributed by atoms with Crippen LogP contribution in [0.3, 0.4) is 0 Å². The molecule has 1 unspecified atom stereocenters. The first-order valence-corrected chi connectivity index (χ1v) is 7.64. The van der Waals surface area contributed by atoms with Crippen molar-refractivity contribution in [2.45, 2.75) is 32.4 Å². The van der Waals surface area contributed by atoms with Crippen LogP contribution >= 0.6 is 22.9 Å². The molecule has 102 valence electrons. The van der Waals surface area contributed by atoms with Gasteiger partial charge in [0.1, 0.15) is 12.4 Å². The highest BCUT2D eigenvalue weighted by molar-refractivity contribution is 7.09. The Morgan fingerprint density at radius 2 is 2.21 bits per heavy atom. The van der Waals surface area contributed by atoms with E-state index in [0.717, 1.165) is 24.2 Å². The van der Waals surface area contributed by atoms with Crippen LogP contribution in [0.1, 0.15) is 23.8 Å². The summed E-state index contributed by atoms with van der Waals surface area (Å²) in [4.78, 5) is 1.19. The number of halogens is 1. The Morgan fingerprint density at radius 3 is 2.84 bits per heavy atom. The van der Waals surface area contributed by atoms with Gasteiger partial charge in [-0.15, -0.1) is 11.3 Å². The lowest BCUT2D eigenvalue weighted by molar-refractivity contribution is 0.310. The first-order valence-electron chi connectivity index (χ1n) is 6.38. The second kappa shape index (κ2) is 6.94. The van der Waals surface area contributed by atoms with Crippen molar-refractivity contribution in [3.63, 3.8) is 0 Å². The molecule has 0 aliphatic rings. The molecule has 0 bridgehead atoms. The normalized spacial score (nSPS) is 12.4. The Balaban J connectivity index is 1.98. The summed E-state index contributed by atoms with van der Waals surface area (Å²) in [5, 5.41) is 2.69. The van der Waals surface area contributed by atoms with Crippen molar-refractivity contribution in [1.82, 2.24) is 0 Å². The molecule has 0 amide bonds. The minimum Gasteiger partial charge on any atom is -0.487 e. The summed E-state index contributed by atoms with van der Waals surface area (Å²) >= 11 is 7.91. The van der Waals surface area contributed by atoms with Crippen LogP contribution < -0.4 is 10.5 Å². The Hall–Kier alpha value is -1.03. The van der Waals surface area contributed by atoms with Gasteiger partial charge in [-0.2, -0.15) is 0 Å². The van der Waals surface area contributed by atoms with E-state index in [2.05, 4.69) is 6.92 Å². The van der Waals surface area contributed by atoms with Crippen LogP contribution in [0.5, 0.6) is 5.75 Å². The molecule has 2 N–H and O–H groups in total. The lowest BCUT2D eigenvalue weighted by Crippen LogP contribution is -2.21. The molecule has 0 aliphatic carbocycles. The summed E-state index contributed by atoms with van der Waals surface area (Å²) < 4.78 is 5.71. The van der Waals surface area contributed by atoms with Crippen LogP contribution in [0.15, 0.2) is 35.7 Å². The second-order valence-electron chi connectivity index (χ2n) is 4.51. The smallest absolute Gasteiger partial charge is 0.138 e. The maximum absolute atomic E-state index is 6.23. The average Bonchev–Trinajstić information content (AvgIpc) is 2.91. The maximum Gasteiger partial charge on any atom is 0.138 e. The fraction of sp³-hybridized carbons (Fsp3) is 0.333. The number of benzene rings is 1. The summed E-state index contributed by atoms with van der Waals surface area (Å²) in [7, 11) is 0. The fourth-order valence-corrected chi connectivity index (χ4v) is 2.65. The standard InChI is InChI=1S/C15H18ClNOS/c1-2-12(17)8-11-5-6-15(14(16)9-11)18-10-13-4-3-7-19-13/h3-7,9,12H,2,8,10,17H2,1H3. The third-order valence-corrected chi connectivity index (χ3v) is 4.11. The van der Waals surface area contributed by atoms with Crippen molar-refractivity contribution < 1.29 is 4.74 Å². The van der Waals surface area contributed by atoms with E-state index in [9.17, 15) is 0 Å². The van der Waals surface area contributed by atoms with Gasteiger partial charge in [-0.05, 0) is 42.0 Å². The Kier molecular flexibility index (Phi) is 5.25. The molecule has 19 heavy (non-hydrogen) atoms. The van der Waals surface area contributed by atoms with Crippen molar-refractivity contribution >= 4 is 22.9 Å². The minimum absolute atomic E-state index is 0.189. The highest BCUT2D eigenvalue weighted by Gasteiger charge is 2.06. The van der Waals surface area contributed by atoms with E-state index in [1.165, 1.54) is 4.88 Å². The first kappa shape index (κ1) is 14.4. The van der Waals surface area contributed by atoms with Crippen LogP contribution in [0, 0.1) is 0 Å². The van der Waals surface area contributed by atoms with E-state index >= 15 is 0 Å². The third kappa shape index (κ3) is 4.23. The quantitative estimate of drug-likeness (QED) is 0.864. The molecule has 0 spiro atoms. The topological polar surface area (TPSA) is 35.2 Å². The Labute approximate surface area is 123 Å². The van der Waals surface area contributed by atoms with Gasteiger partial charge in [-0.25, -0.2) is 0 Å². The van der Waals surface area contributed by atoms with Gasteiger partial charge in [0, 0.05) is 10.9 Å². The third-order valence-electron chi connectivity index (χ3n) is 2.97. The Morgan fingerprint density at radius 1 is 1.37 bits per heavy atom. The largest absolute Gasteiger partial charge is 0.487 e. The molecule has 2 nitrogen and oxygen atoms in total. The number of thiophene rings is 1. The van der Waals surface area contributed by atoms with Crippen molar-refractivity contribution in [2.24, 2.45) is 5.73 Å². The fourth-order valence-electron chi connectivity index (χ4n) is 1.78. The summed E-state index contributed by atoms with van der Waals surface area (Å²) in [6, 6.07) is 10.2. The van der Waals surface area contributed by atoms with Gasteiger partial charge < -0.3 is 10.5 Å². The number of rotatable bonds is 6. The maximum atomic E-state index is 6.23. The van der Waals surface area contributed by atoms with Gasteiger partial charge in [0.2, 0.25) is 0 Å². The molecule has 1 aromatic carbocycles. The number of nitrogens with two attached hydrogens (primary N) is 1. The van der Waals surface area contributed by atoms with Crippen molar-refractivity contribution in [3.05, 3.63) is 51.2 Å². The monoisotopic (exact) mass is 295 g/mol. The summed E-state index contributed by atoms with van der Waals surface area (Å²) in [5.74, 6) is 0.726. The van der Waals surface area contributed by atoms with Crippen LogP contribution in [-0.4, -0.2) is 6.04 Å². The Bertz CT molecular complexity index is 513. The van der Waals surface area contributed by atoms with E-state index < -0.39 is 0 Å². The second-order valence-corrected chi connectivity index (χ2v) is 5.94. The molecule has 0 saturated carbocycles. The molecule has 0 fully saturated rings. The van der Waals surface area contributed by atoms with Crippen molar-refractivity contribution in [2.75, 3.05) is 0 Å². The predicted octanol–water partition coefficient (Wildman–Crippen LogP) is 4.26. The van der Waals surface area contributed by atoms with Crippen molar-refractivity contribution in [1.29, 1.82) is 0 Å². The molecular weight excluding hydrogens is 278 g/mol. The van der Waals surface area contributed by atoms with E-state index in [0.29, 0.717) is 11.6 Å². The zero-order valence-corrected chi connectivity index (χ0v) is 12.5. The minimum atomic E-state index is 0.189. The molecule has 1 atom stereocenters. The van der Waals surface area contributed by atoms with Crippen LogP contribution in [0.25, 0.3) is 0 Å². The van der Waals surface area contributed by atoms with Crippen LogP contribution in [0.4, 0.5) is 0 Å². The van der Waals surface area contributed by atoms with Crippen molar-refractivity contribution in [3.8, 4) is 5.75 Å². The van der Waals surface area contributed by atoms with Crippen LogP contribution in [0.2, 0.25) is 5.02 Å². The van der Waals surface area contributed by atoms with E-state index in [4.69, 9.17) is 22.1 Å². The SMILES string of the molecule is CCC(N)Cc1ccc(OCc2cccs2)c(Cl)c1. The number of ether oxygens (including phenoxy) is 1. The lowest BCUT2D eigenvalue weighted by Gasteiger charge is -2.11. The zero-order valence-electron chi connectivity index (χ0n) is 10.9. The lowest BCUT2D eigenvalue weighted by atomic mass is 10.0. The van der Waals surface area contributed by atoms with E-state index in [-0.39, 0.29) is 6.04 Å². The summed E-state index contributed by atoms with van der Waals surface area (Å²) in [6.07, 6.45) is 1.82. The van der Waals surface area contributed by atoms with Gasteiger partial charge in [-0.1, -0.05) is 30.7 Å². The van der Waals surface area contributed by atoms with Gasteiger partial charge in [0.25, 0.3) is 0 Å². The molecule has 4 heteroatoms. The van der Waals surface area contributed by atoms with Gasteiger partial charge in [0.05, 0.1) is 5.02 Å². The van der Waals surface area contributed by atoms with E-state index in [1.54, 1.807) is 11.3 Å². The van der Waals surface area contributed by atoms with Gasteiger partial charge in [-0.3, -0.25) is 0 Å². The van der Waals surface area contributed by atoms with Crippen LogP contribution in [-0.2, 0) is 13.0 Å². The first-order chi connectivity index (χ1) is 9.19. The zero-order chi connectivity index (χ0) is 13.7. The number of hydrogen-bond donors (Lipinski definition) is 1.